The Kier molecular flexibility index (Phi) is 5.43. The number of fused-ring (bicyclic) bond motifs is 1. The Balaban J connectivity index is 1.60. The summed E-state index contributed by atoms with van der Waals surface area (Å²) in [7, 11) is 3.95. The maximum atomic E-state index is 13.7. The topological polar surface area (TPSA) is 56.4 Å². The van der Waals surface area contributed by atoms with Crippen LogP contribution in [0.4, 0.5) is 4.39 Å². The highest BCUT2D eigenvalue weighted by Crippen LogP contribution is 2.24. The van der Waals surface area contributed by atoms with Crippen molar-refractivity contribution in [1.82, 2.24) is 14.8 Å². The van der Waals surface area contributed by atoms with Crippen molar-refractivity contribution in [2.24, 2.45) is 0 Å². The van der Waals surface area contributed by atoms with Crippen LogP contribution in [0.1, 0.15) is 28.8 Å². The molecule has 1 unspecified atom stereocenters. The normalized spacial score (nSPS) is 17.3. The highest BCUT2D eigenvalue weighted by Gasteiger charge is 2.25. The molecule has 156 valence electrons. The fourth-order valence-corrected chi connectivity index (χ4v) is 4.28. The number of pyridine rings is 1. The van der Waals surface area contributed by atoms with Gasteiger partial charge in [0.1, 0.15) is 5.82 Å². The molecule has 4 rings (SSSR count). The lowest BCUT2D eigenvalue weighted by molar-refractivity contribution is 0.0644. The van der Waals surface area contributed by atoms with Gasteiger partial charge in [-0.2, -0.15) is 0 Å². The number of rotatable bonds is 3. The molecule has 6 heteroatoms. The van der Waals surface area contributed by atoms with Gasteiger partial charge in [0, 0.05) is 30.9 Å². The summed E-state index contributed by atoms with van der Waals surface area (Å²) in [6.07, 6.45) is 2.11. The molecule has 1 aliphatic heterocycles. The summed E-state index contributed by atoms with van der Waals surface area (Å²) in [6.45, 7) is 3.75. The molecule has 0 saturated carbocycles. The predicted molar refractivity (Wildman–Crippen MR) is 117 cm³/mol. The van der Waals surface area contributed by atoms with E-state index in [1.807, 2.05) is 30.1 Å². The van der Waals surface area contributed by atoms with Crippen LogP contribution in [0.25, 0.3) is 22.0 Å². The number of likely N-dealkylation sites (tertiary alicyclic amines) is 1. The first kappa shape index (κ1) is 20.3. The number of likely N-dealkylation sites (N-methyl/N-ethyl adjacent to an activating group) is 2. The fraction of sp³-hybridized carbons (Fsp3) is 0.333. The molecule has 5 nitrogen and oxygen atoms in total. The van der Waals surface area contributed by atoms with Crippen LogP contribution in [0.15, 0.2) is 47.3 Å². The van der Waals surface area contributed by atoms with Gasteiger partial charge in [-0.3, -0.25) is 9.59 Å². The van der Waals surface area contributed by atoms with Crippen molar-refractivity contribution in [3.63, 3.8) is 0 Å². The monoisotopic (exact) mass is 407 g/mol. The molecule has 2 heterocycles. The van der Waals surface area contributed by atoms with E-state index in [9.17, 15) is 14.0 Å². The molecule has 1 amide bonds. The summed E-state index contributed by atoms with van der Waals surface area (Å²) in [4.78, 5) is 32.3. The number of aromatic amines is 1. The predicted octanol–water partition coefficient (Wildman–Crippen LogP) is 3.81. The van der Waals surface area contributed by atoms with Gasteiger partial charge in [-0.05, 0) is 80.2 Å². The van der Waals surface area contributed by atoms with Crippen molar-refractivity contribution < 1.29 is 9.18 Å². The van der Waals surface area contributed by atoms with E-state index in [4.69, 9.17) is 0 Å². The lowest BCUT2D eigenvalue weighted by Gasteiger charge is -2.35. The van der Waals surface area contributed by atoms with Crippen molar-refractivity contribution in [1.29, 1.82) is 0 Å². The second-order valence-corrected chi connectivity index (χ2v) is 8.25. The molecule has 0 aliphatic carbocycles. The van der Waals surface area contributed by atoms with E-state index in [1.165, 1.54) is 12.1 Å². The Labute approximate surface area is 175 Å². The van der Waals surface area contributed by atoms with Crippen LogP contribution in [0.2, 0.25) is 0 Å². The smallest absolute Gasteiger partial charge is 0.256 e. The summed E-state index contributed by atoms with van der Waals surface area (Å²) >= 11 is 0. The number of hydrogen-bond acceptors (Lipinski definition) is 3. The number of nitrogens with one attached hydrogen (secondary N) is 1. The number of benzene rings is 2. The summed E-state index contributed by atoms with van der Waals surface area (Å²) in [5.74, 6) is -0.422. The molecule has 1 saturated heterocycles. The lowest BCUT2D eigenvalue weighted by Crippen LogP contribution is -2.47. The maximum Gasteiger partial charge on any atom is 0.256 e. The summed E-state index contributed by atoms with van der Waals surface area (Å²) in [6, 6.07) is 12.0. The van der Waals surface area contributed by atoms with Crippen LogP contribution < -0.4 is 5.56 Å². The van der Waals surface area contributed by atoms with Crippen LogP contribution in [-0.2, 0) is 0 Å². The van der Waals surface area contributed by atoms with Crippen molar-refractivity contribution in [2.75, 3.05) is 27.2 Å². The Hall–Kier alpha value is -2.99. The van der Waals surface area contributed by atoms with Gasteiger partial charge in [0.15, 0.2) is 0 Å². The quantitative estimate of drug-likeness (QED) is 0.718. The number of piperidine rings is 1. The van der Waals surface area contributed by atoms with E-state index in [0.29, 0.717) is 22.2 Å². The van der Waals surface area contributed by atoms with Crippen LogP contribution >= 0.6 is 0 Å². The Morgan fingerprint density at radius 3 is 2.60 bits per heavy atom. The maximum absolute atomic E-state index is 13.7. The number of carbonyl (C=O) groups is 1. The van der Waals surface area contributed by atoms with Crippen molar-refractivity contribution in [3.05, 3.63) is 69.8 Å². The molecule has 0 bridgehead atoms. The van der Waals surface area contributed by atoms with E-state index in [2.05, 4.69) is 16.9 Å². The third-order valence-corrected chi connectivity index (χ3v) is 6.04. The van der Waals surface area contributed by atoms with E-state index in [0.717, 1.165) is 36.9 Å². The van der Waals surface area contributed by atoms with Crippen molar-refractivity contribution in [3.8, 4) is 11.3 Å². The standard InChI is InChI=1S/C24H26FN3O2/c1-15-11-18(25)12-21-20(15)13-22(26-23(21)29)16-6-8-17(9-7-16)24(30)28(3)19-5-4-10-27(2)14-19/h6-9,11-13,19H,4-5,10,14H2,1-3H3,(H,26,29). The molecule has 1 fully saturated rings. The van der Waals surface area contributed by atoms with Gasteiger partial charge in [0.2, 0.25) is 0 Å². The first-order valence-corrected chi connectivity index (χ1v) is 10.2. The molecular formula is C24H26FN3O2. The summed E-state index contributed by atoms with van der Waals surface area (Å²) in [5, 5.41) is 1.05. The highest BCUT2D eigenvalue weighted by molar-refractivity contribution is 5.95. The van der Waals surface area contributed by atoms with Crippen LogP contribution in [0.3, 0.4) is 0 Å². The molecule has 1 aliphatic rings. The van der Waals surface area contributed by atoms with Crippen molar-refractivity contribution in [2.45, 2.75) is 25.8 Å². The third-order valence-electron chi connectivity index (χ3n) is 6.04. The van der Waals surface area contributed by atoms with Crippen LogP contribution in [-0.4, -0.2) is 53.9 Å². The Bertz CT molecular complexity index is 1150. The van der Waals surface area contributed by atoms with Gasteiger partial charge in [-0.25, -0.2) is 4.39 Å². The SMILES string of the molecule is Cc1cc(F)cc2c(=O)[nH]c(-c3ccc(C(=O)N(C)C4CCCN(C)C4)cc3)cc12. The number of nitrogens with zero attached hydrogens (tertiary/aromatic N) is 2. The summed E-state index contributed by atoms with van der Waals surface area (Å²) in [5.41, 5.74) is 2.45. The number of aryl methyl sites for hydroxylation is 1. The molecule has 3 aromatic rings. The summed E-state index contributed by atoms with van der Waals surface area (Å²) < 4.78 is 13.7. The Morgan fingerprint density at radius 1 is 1.17 bits per heavy atom. The van der Waals surface area contributed by atoms with Crippen molar-refractivity contribution >= 4 is 16.7 Å². The molecule has 2 aromatic carbocycles. The number of amides is 1. The zero-order valence-corrected chi connectivity index (χ0v) is 17.5. The number of H-pyrrole nitrogens is 1. The molecule has 1 N–H and O–H groups in total. The van der Waals surface area contributed by atoms with Gasteiger partial charge < -0.3 is 14.8 Å². The lowest BCUT2D eigenvalue weighted by atomic mass is 10.0. The molecule has 1 aromatic heterocycles. The van der Waals surface area contributed by atoms with Crippen LogP contribution in [0.5, 0.6) is 0 Å². The van der Waals surface area contributed by atoms with Gasteiger partial charge in [-0.15, -0.1) is 0 Å². The van der Waals surface area contributed by atoms with Gasteiger partial charge in [0.05, 0.1) is 5.39 Å². The number of hydrogen-bond donors (Lipinski definition) is 1. The first-order chi connectivity index (χ1) is 14.3. The zero-order chi connectivity index (χ0) is 21.4. The molecule has 0 radical (unpaired) electrons. The average Bonchev–Trinajstić information content (AvgIpc) is 2.73. The molecule has 30 heavy (non-hydrogen) atoms. The van der Waals surface area contributed by atoms with E-state index < -0.39 is 5.82 Å². The largest absolute Gasteiger partial charge is 0.337 e. The molecular weight excluding hydrogens is 381 g/mol. The fourth-order valence-electron chi connectivity index (χ4n) is 4.28. The second-order valence-electron chi connectivity index (χ2n) is 8.25. The average molecular weight is 407 g/mol. The second kappa shape index (κ2) is 8.03. The number of halogens is 1. The first-order valence-electron chi connectivity index (χ1n) is 10.2. The minimum atomic E-state index is -0.422. The Morgan fingerprint density at radius 2 is 1.90 bits per heavy atom. The minimum Gasteiger partial charge on any atom is -0.337 e. The van der Waals surface area contributed by atoms with Gasteiger partial charge in [-0.1, -0.05) is 12.1 Å². The third kappa shape index (κ3) is 3.87. The van der Waals surface area contributed by atoms with Crippen LogP contribution in [0, 0.1) is 12.7 Å². The van der Waals surface area contributed by atoms with Gasteiger partial charge in [0.25, 0.3) is 11.5 Å². The van der Waals surface area contributed by atoms with Gasteiger partial charge >= 0.3 is 0 Å². The molecule has 0 spiro atoms. The van der Waals surface area contributed by atoms with E-state index in [1.54, 1.807) is 19.1 Å². The minimum absolute atomic E-state index is 0.000162. The highest BCUT2D eigenvalue weighted by atomic mass is 19.1. The number of carbonyl (C=O) groups excluding carboxylic acids is 1. The van der Waals surface area contributed by atoms with E-state index in [-0.39, 0.29) is 17.5 Å². The van der Waals surface area contributed by atoms with E-state index >= 15 is 0 Å². The number of aromatic nitrogens is 1. The molecule has 1 atom stereocenters. The zero-order valence-electron chi connectivity index (χ0n) is 17.5.